The molecular formula is C14H20O3. The van der Waals surface area contributed by atoms with Crippen molar-refractivity contribution in [3.8, 4) is 0 Å². The third-order valence-electron chi connectivity index (χ3n) is 3.39. The van der Waals surface area contributed by atoms with Crippen LogP contribution in [-0.2, 0) is 14.3 Å². The van der Waals surface area contributed by atoms with Crippen LogP contribution < -0.4 is 0 Å². The van der Waals surface area contributed by atoms with E-state index in [-0.39, 0.29) is 5.97 Å². The maximum Gasteiger partial charge on any atom is 0.335 e. The molecule has 0 saturated heterocycles. The molecule has 0 unspecified atom stereocenters. The lowest BCUT2D eigenvalue weighted by atomic mass is 9.84. The normalized spacial score (nSPS) is 22.0. The number of allylic oxidation sites excluding steroid dienone is 1. The fraction of sp³-hybridized carbons (Fsp3) is 0.643. The number of ether oxygens (including phenoxy) is 2. The van der Waals surface area contributed by atoms with E-state index >= 15 is 0 Å². The van der Waals surface area contributed by atoms with Crippen molar-refractivity contribution >= 4 is 5.97 Å². The van der Waals surface area contributed by atoms with E-state index in [1.807, 2.05) is 19.9 Å². The molecule has 1 saturated carbocycles. The van der Waals surface area contributed by atoms with Crippen molar-refractivity contribution in [1.82, 2.24) is 0 Å². The molecule has 2 rings (SSSR count). The molecular weight excluding hydrogens is 216 g/mol. The zero-order valence-electron chi connectivity index (χ0n) is 10.6. The summed E-state index contributed by atoms with van der Waals surface area (Å²) in [7, 11) is 0. The Morgan fingerprint density at radius 2 is 2.12 bits per heavy atom. The Morgan fingerprint density at radius 3 is 2.76 bits per heavy atom. The molecule has 0 amide bonds. The van der Waals surface area contributed by atoms with E-state index in [0.717, 1.165) is 31.4 Å². The molecule has 1 spiro atoms. The summed E-state index contributed by atoms with van der Waals surface area (Å²) in [4.78, 5) is 11.4. The van der Waals surface area contributed by atoms with Gasteiger partial charge in [0.15, 0.2) is 5.60 Å². The highest BCUT2D eigenvalue weighted by Gasteiger charge is 2.45. The maximum absolute atomic E-state index is 11.4. The predicted molar refractivity (Wildman–Crippen MR) is 65.4 cm³/mol. The molecule has 94 valence electrons. The van der Waals surface area contributed by atoms with E-state index in [0.29, 0.717) is 6.61 Å². The van der Waals surface area contributed by atoms with Crippen molar-refractivity contribution in [1.29, 1.82) is 0 Å². The van der Waals surface area contributed by atoms with Crippen LogP contribution in [0.4, 0.5) is 0 Å². The highest BCUT2D eigenvalue weighted by Crippen LogP contribution is 2.41. The zero-order chi connectivity index (χ0) is 12.3. The third kappa shape index (κ3) is 2.71. The van der Waals surface area contributed by atoms with Gasteiger partial charge in [-0.15, -0.1) is 0 Å². The van der Waals surface area contributed by atoms with E-state index in [4.69, 9.17) is 9.47 Å². The number of hydrogen-bond acceptors (Lipinski definition) is 3. The van der Waals surface area contributed by atoms with Crippen LogP contribution in [0.5, 0.6) is 0 Å². The molecule has 0 radical (unpaired) electrons. The van der Waals surface area contributed by atoms with Gasteiger partial charge in [0.25, 0.3) is 0 Å². The highest BCUT2D eigenvalue weighted by molar-refractivity contribution is 5.86. The predicted octanol–water partition coefficient (Wildman–Crippen LogP) is 3.11. The van der Waals surface area contributed by atoms with Crippen molar-refractivity contribution in [2.45, 2.75) is 51.6 Å². The first-order valence-corrected chi connectivity index (χ1v) is 6.34. The van der Waals surface area contributed by atoms with Crippen LogP contribution in [-0.4, -0.2) is 18.2 Å². The van der Waals surface area contributed by atoms with Gasteiger partial charge in [0.05, 0.1) is 6.08 Å². The minimum atomic E-state index is -0.440. The van der Waals surface area contributed by atoms with E-state index in [1.54, 1.807) is 0 Å². The molecule has 0 aromatic rings. The minimum absolute atomic E-state index is 0.251. The van der Waals surface area contributed by atoms with Crippen LogP contribution in [0.3, 0.4) is 0 Å². The van der Waals surface area contributed by atoms with Crippen molar-refractivity contribution in [2.75, 3.05) is 6.61 Å². The molecule has 0 N–H and O–H groups in total. The summed E-state index contributed by atoms with van der Waals surface area (Å²) in [5.41, 5.74) is 0.777. The first-order valence-electron chi connectivity index (χ1n) is 6.34. The lowest BCUT2D eigenvalue weighted by Crippen LogP contribution is -2.35. The summed E-state index contributed by atoms with van der Waals surface area (Å²) in [6.07, 6.45) is 8.77. The molecule has 3 heteroatoms. The molecule has 0 aromatic carbocycles. The van der Waals surface area contributed by atoms with Crippen LogP contribution in [0.1, 0.15) is 46.0 Å². The molecule has 1 aliphatic heterocycles. The first kappa shape index (κ1) is 12.2. The van der Waals surface area contributed by atoms with Crippen LogP contribution in [0.2, 0.25) is 0 Å². The second-order valence-electron chi connectivity index (χ2n) is 5.08. The molecule has 0 aromatic heterocycles. The SMILES string of the molecule is CC(C)=CCOC1=CC(=O)OC12CCCCC2. The Morgan fingerprint density at radius 1 is 1.41 bits per heavy atom. The number of hydrogen-bond donors (Lipinski definition) is 0. The van der Waals surface area contributed by atoms with Crippen LogP contribution in [0.15, 0.2) is 23.5 Å². The Labute approximate surface area is 102 Å². The van der Waals surface area contributed by atoms with E-state index in [2.05, 4.69) is 0 Å². The number of carbonyl (C=O) groups is 1. The number of rotatable bonds is 3. The number of esters is 1. The lowest BCUT2D eigenvalue weighted by molar-refractivity contribution is -0.150. The van der Waals surface area contributed by atoms with Crippen LogP contribution >= 0.6 is 0 Å². The lowest BCUT2D eigenvalue weighted by Gasteiger charge is -2.33. The van der Waals surface area contributed by atoms with Gasteiger partial charge in [0.1, 0.15) is 12.4 Å². The summed E-state index contributed by atoms with van der Waals surface area (Å²) in [5.74, 6) is 0.485. The van der Waals surface area contributed by atoms with E-state index in [1.165, 1.54) is 18.1 Å². The molecule has 1 aliphatic carbocycles. The van der Waals surface area contributed by atoms with Gasteiger partial charge in [-0.25, -0.2) is 4.79 Å². The summed E-state index contributed by atoms with van der Waals surface area (Å²) >= 11 is 0. The fourth-order valence-corrected chi connectivity index (χ4v) is 2.45. The molecule has 0 atom stereocenters. The maximum atomic E-state index is 11.4. The van der Waals surface area contributed by atoms with E-state index in [9.17, 15) is 4.79 Å². The van der Waals surface area contributed by atoms with Gasteiger partial charge in [-0.3, -0.25) is 0 Å². The van der Waals surface area contributed by atoms with Crippen molar-refractivity contribution in [3.05, 3.63) is 23.5 Å². The van der Waals surface area contributed by atoms with Gasteiger partial charge < -0.3 is 9.47 Å². The largest absolute Gasteiger partial charge is 0.489 e. The minimum Gasteiger partial charge on any atom is -0.489 e. The average molecular weight is 236 g/mol. The zero-order valence-corrected chi connectivity index (χ0v) is 10.6. The van der Waals surface area contributed by atoms with Crippen molar-refractivity contribution < 1.29 is 14.3 Å². The average Bonchev–Trinajstić information content (AvgIpc) is 2.55. The molecule has 2 aliphatic rings. The molecule has 1 heterocycles. The Hall–Kier alpha value is -1.25. The van der Waals surface area contributed by atoms with Crippen molar-refractivity contribution in [3.63, 3.8) is 0 Å². The smallest absolute Gasteiger partial charge is 0.335 e. The van der Waals surface area contributed by atoms with Gasteiger partial charge in [0, 0.05) is 0 Å². The van der Waals surface area contributed by atoms with Gasteiger partial charge in [-0.2, -0.15) is 0 Å². The fourth-order valence-electron chi connectivity index (χ4n) is 2.45. The molecule has 1 fully saturated rings. The topological polar surface area (TPSA) is 35.5 Å². The summed E-state index contributed by atoms with van der Waals surface area (Å²) in [6.45, 7) is 4.58. The van der Waals surface area contributed by atoms with Crippen molar-refractivity contribution in [2.24, 2.45) is 0 Å². The van der Waals surface area contributed by atoms with Gasteiger partial charge in [-0.1, -0.05) is 12.0 Å². The summed E-state index contributed by atoms with van der Waals surface area (Å²) in [6, 6.07) is 0. The van der Waals surface area contributed by atoms with Crippen LogP contribution in [0.25, 0.3) is 0 Å². The molecule has 17 heavy (non-hydrogen) atoms. The first-order chi connectivity index (χ1) is 8.12. The summed E-state index contributed by atoms with van der Waals surface area (Å²) < 4.78 is 11.2. The second kappa shape index (κ2) is 4.94. The monoisotopic (exact) mass is 236 g/mol. The molecule has 3 nitrogen and oxygen atoms in total. The summed E-state index contributed by atoms with van der Waals surface area (Å²) in [5, 5.41) is 0. The Balaban J connectivity index is 2.04. The van der Waals surface area contributed by atoms with E-state index < -0.39 is 5.60 Å². The molecule has 0 bridgehead atoms. The standard InChI is InChI=1S/C14H20O3/c1-11(2)6-9-16-12-10-13(15)17-14(12)7-4-3-5-8-14/h6,10H,3-5,7-9H2,1-2H3. The third-order valence-corrected chi connectivity index (χ3v) is 3.39. The Bertz CT molecular complexity index is 356. The van der Waals surface area contributed by atoms with Gasteiger partial charge in [0.2, 0.25) is 0 Å². The number of carbonyl (C=O) groups excluding carboxylic acids is 1. The second-order valence-corrected chi connectivity index (χ2v) is 5.08. The van der Waals surface area contributed by atoms with Gasteiger partial charge in [-0.05, 0) is 45.6 Å². The van der Waals surface area contributed by atoms with Crippen LogP contribution in [0, 0.1) is 0 Å². The Kier molecular flexibility index (Phi) is 3.55. The van der Waals surface area contributed by atoms with Gasteiger partial charge >= 0.3 is 5.97 Å². The quantitative estimate of drug-likeness (QED) is 0.558. The highest BCUT2D eigenvalue weighted by atomic mass is 16.6.